The number of rotatable bonds is 1. The van der Waals surface area contributed by atoms with Crippen LogP contribution in [0.25, 0.3) is 0 Å². The molecule has 0 unspecified atom stereocenters. The van der Waals surface area contributed by atoms with Crippen LogP contribution in [0.4, 0.5) is 0 Å². The number of hydrogen-bond donors (Lipinski definition) is 3. The molecule has 3 fully saturated rings. The van der Waals surface area contributed by atoms with Gasteiger partial charge in [0.1, 0.15) is 31.0 Å². The van der Waals surface area contributed by atoms with Crippen LogP contribution in [0.3, 0.4) is 0 Å². The predicted molar refractivity (Wildman–Crippen MR) is 56.6 cm³/mol. The summed E-state index contributed by atoms with van der Waals surface area (Å²) in [5.74, 6) is -1.59. The van der Waals surface area contributed by atoms with Crippen molar-refractivity contribution in [3.8, 4) is 0 Å². The number of aliphatic hydroxyl groups is 3. The minimum absolute atomic E-state index is 0.000864. The number of esters is 1. The van der Waals surface area contributed by atoms with Crippen molar-refractivity contribution in [3.05, 3.63) is 0 Å². The summed E-state index contributed by atoms with van der Waals surface area (Å²) >= 11 is 0. The van der Waals surface area contributed by atoms with Crippen molar-refractivity contribution in [3.63, 3.8) is 0 Å². The van der Waals surface area contributed by atoms with Crippen LogP contribution >= 0.6 is 0 Å². The van der Waals surface area contributed by atoms with Crippen molar-refractivity contribution < 1.29 is 39.1 Å². The Morgan fingerprint density at radius 2 is 2.11 bits per heavy atom. The van der Waals surface area contributed by atoms with E-state index < -0.39 is 43.1 Å². The minimum atomic E-state index is -1.29. The summed E-state index contributed by atoms with van der Waals surface area (Å²) in [4.78, 5) is 11.2. The number of carbonyl (C=O) groups is 1. The molecule has 0 aromatic rings. The van der Waals surface area contributed by atoms with Gasteiger partial charge in [-0.15, -0.1) is 0 Å². The first-order chi connectivity index (χ1) is 9.04. The van der Waals surface area contributed by atoms with Crippen molar-refractivity contribution in [2.45, 2.75) is 49.3 Å². The van der Waals surface area contributed by atoms with Crippen LogP contribution in [0, 0.1) is 0 Å². The number of carbonyl (C=O) groups excluding carboxylic acids is 1. The number of aliphatic hydroxyl groups excluding tert-OH is 3. The van der Waals surface area contributed by atoms with Crippen LogP contribution in [-0.2, 0) is 23.7 Å². The highest BCUT2D eigenvalue weighted by atomic mass is 16.8. The zero-order chi connectivity index (χ0) is 13.6. The van der Waals surface area contributed by atoms with Gasteiger partial charge in [0.15, 0.2) is 6.29 Å². The number of hydrogen-bond acceptors (Lipinski definition) is 8. The van der Waals surface area contributed by atoms with Crippen LogP contribution in [-0.4, -0.2) is 71.0 Å². The van der Waals surface area contributed by atoms with E-state index in [-0.39, 0.29) is 19.0 Å². The predicted octanol–water partition coefficient (Wildman–Crippen LogP) is -2.13. The maximum absolute atomic E-state index is 11.2. The minimum Gasteiger partial charge on any atom is -0.430 e. The van der Waals surface area contributed by atoms with Gasteiger partial charge in [-0.2, -0.15) is 0 Å². The second-order valence-electron chi connectivity index (χ2n) is 4.98. The van der Waals surface area contributed by atoms with Gasteiger partial charge in [0, 0.05) is 6.42 Å². The van der Waals surface area contributed by atoms with Crippen LogP contribution in [0.15, 0.2) is 0 Å². The fourth-order valence-electron chi connectivity index (χ4n) is 2.59. The van der Waals surface area contributed by atoms with E-state index in [2.05, 4.69) is 0 Å². The lowest BCUT2D eigenvalue weighted by molar-refractivity contribution is -0.400. The zero-order valence-electron chi connectivity index (χ0n) is 10.1. The molecule has 1 spiro atoms. The molecule has 0 saturated carbocycles. The van der Waals surface area contributed by atoms with E-state index in [4.69, 9.17) is 24.1 Å². The highest BCUT2D eigenvalue weighted by Gasteiger charge is 2.56. The van der Waals surface area contributed by atoms with E-state index in [0.29, 0.717) is 6.42 Å². The Morgan fingerprint density at radius 3 is 2.74 bits per heavy atom. The molecule has 0 aromatic heterocycles. The van der Waals surface area contributed by atoms with E-state index in [9.17, 15) is 15.0 Å². The molecule has 3 rings (SSSR count). The van der Waals surface area contributed by atoms with Gasteiger partial charge < -0.3 is 34.3 Å². The summed E-state index contributed by atoms with van der Waals surface area (Å²) in [5, 5.41) is 28.8. The Kier molecular flexibility index (Phi) is 3.24. The SMILES string of the molecule is O=C1CC[C@]2(CO[C@@H]3O[C@H](CO)[C@H](O)[C@H](O)[C@@H]3O2)O1. The third-order valence-electron chi connectivity index (χ3n) is 3.65. The maximum atomic E-state index is 11.2. The normalized spacial score (nSPS) is 50.1. The van der Waals surface area contributed by atoms with Crippen molar-refractivity contribution >= 4 is 5.97 Å². The molecule has 0 bridgehead atoms. The van der Waals surface area contributed by atoms with Crippen LogP contribution in [0.2, 0.25) is 0 Å². The lowest BCUT2D eigenvalue weighted by Crippen LogP contribution is -2.65. The molecule has 108 valence electrons. The fraction of sp³-hybridized carbons (Fsp3) is 0.909. The first-order valence-electron chi connectivity index (χ1n) is 6.18. The average Bonchev–Trinajstić information content (AvgIpc) is 2.76. The monoisotopic (exact) mass is 276 g/mol. The van der Waals surface area contributed by atoms with Gasteiger partial charge in [0.2, 0.25) is 5.79 Å². The van der Waals surface area contributed by atoms with Crippen LogP contribution in [0.5, 0.6) is 0 Å². The summed E-state index contributed by atoms with van der Waals surface area (Å²) in [6.07, 6.45) is -4.81. The van der Waals surface area contributed by atoms with Crippen molar-refractivity contribution in [1.82, 2.24) is 0 Å². The smallest absolute Gasteiger partial charge is 0.308 e. The van der Waals surface area contributed by atoms with Crippen LogP contribution < -0.4 is 0 Å². The van der Waals surface area contributed by atoms with E-state index >= 15 is 0 Å². The van der Waals surface area contributed by atoms with Gasteiger partial charge in [-0.05, 0) is 0 Å². The Balaban J connectivity index is 1.75. The molecule has 6 atom stereocenters. The van der Waals surface area contributed by atoms with E-state index in [1.807, 2.05) is 0 Å². The van der Waals surface area contributed by atoms with Gasteiger partial charge in [-0.25, -0.2) is 0 Å². The molecule has 3 saturated heterocycles. The molecule has 3 aliphatic heterocycles. The summed E-state index contributed by atoms with van der Waals surface area (Å²) in [5.41, 5.74) is 0. The molecule has 3 N–H and O–H groups in total. The first-order valence-corrected chi connectivity index (χ1v) is 6.18. The van der Waals surface area contributed by atoms with Crippen molar-refractivity contribution in [2.24, 2.45) is 0 Å². The molecular formula is C11H16O8. The standard InChI is InChI=1S/C11H16O8/c12-3-5-7(14)8(15)9-10(17-5)16-4-11(19-9)2-1-6(13)18-11/h5,7-10,12,14-15H,1-4H2/t5-,7+,8+,9+,10-,11+/m1/s1. The molecule has 19 heavy (non-hydrogen) atoms. The van der Waals surface area contributed by atoms with Gasteiger partial charge in [0.05, 0.1) is 13.0 Å². The molecule has 3 aliphatic rings. The fourth-order valence-corrected chi connectivity index (χ4v) is 2.59. The second kappa shape index (κ2) is 4.65. The third kappa shape index (κ3) is 2.14. The zero-order valence-corrected chi connectivity index (χ0v) is 10.1. The van der Waals surface area contributed by atoms with Gasteiger partial charge in [-0.1, -0.05) is 0 Å². The quantitative estimate of drug-likeness (QED) is 0.465. The molecule has 0 amide bonds. The van der Waals surface area contributed by atoms with Crippen LogP contribution in [0.1, 0.15) is 12.8 Å². The van der Waals surface area contributed by atoms with E-state index in [1.54, 1.807) is 0 Å². The summed E-state index contributed by atoms with van der Waals surface area (Å²) < 4.78 is 21.4. The molecular weight excluding hydrogens is 260 g/mol. The maximum Gasteiger partial charge on any atom is 0.308 e. The lowest BCUT2D eigenvalue weighted by atomic mass is 9.97. The number of ether oxygens (including phenoxy) is 4. The second-order valence-corrected chi connectivity index (χ2v) is 4.98. The Morgan fingerprint density at radius 1 is 1.32 bits per heavy atom. The van der Waals surface area contributed by atoms with Gasteiger partial charge in [0.25, 0.3) is 0 Å². The molecule has 0 radical (unpaired) electrons. The van der Waals surface area contributed by atoms with Crippen molar-refractivity contribution in [2.75, 3.05) is 13.2 Å². The van der Waals surface area contributed by atoms with Crippen molar-refractivity contribution in [1.29, 1.82) is 0 Å². The number of fused-ring (bicyclic) bond motifs is 1. The topological polar surface area (TPSA) is 115 Å². The molecule has 8 nitrogen and oxygen atoms in total. The Bertz CT molecular complexity index is 372. The summed E-state index contributed by atoms with van der Waals surface area (Å²) in [6.45, 7) is -0.439. The first kappa shape index (κ1) is 13.2. The molecule has 8 heteroatoms. The third-order valence-corrected chi connectivity index (χ3v) is 3.65. The summed E-state index contributed by atoms with van der Waals surface area (Å²) in [6, 6.07) is 0. The largest absolute Gasteiger partial charge is 0.430 e. The van der Waals surface area contributed by atoms with E-state index in [1.165, 1.54) is 0 Å². The summed E-state index contributed by atoms with van der Waals surface area (Å²) in [7, 11) is 0. The average molecular weight is 276 g/mol. The van der Waals surface area contributed by atoms with Gasteiger partial charge in [-0.3, -0.25) is 4.79 Å². The highest BCUT2D eigenvalue weighted by Crippen LogP contribution is 2.38. The lowest BCUT2D eigenvalue weighted by Gasteiger charge is -2.48. The van der Waals surface area contributed by atoms with E-state index in [0.717, 1.165) is 0 Å². The Hall–Kier alpha value is -0.770. The highest BCUT2D eigenvalue weighted by molar-refractivity contribution is 5.72. The molecule has 0 aliphatic carbocycles. The molecule has 0 aromatic carbocycles. The van der Waals surface area contributed by atoms with Gasteiger partial charge >= 0.3 is 5.97 Å². The Labute approximate surface area is 108 Å². The molecule has 3 heterocycles.